The van der Waals surface area contributed by atoms with Crippen LogP contribution in [0, 0.1) is 0 Å². The molecular weight excluding hydrogens is 194 g/mol. The molecule has 0 aromatic carbocycles. The molecule has 1 aromatic rings. The number of anilines is 1. The smallest absolute Gasteiger partial charge is 0.225 e. The van der Waals surface area contributed by atoms with Crippen LogP contribution in [0.5, 0.6) is 0 Å². The first-order valence-corrected chi connectivity index (χ1v) is 4.86. The maximum absolute atomic E-state index is 8.47. The van der Waals surface area contributed by atoms with Crippen LogP contribution in [0.25, 0.3) is 0 Å². The summed E-state index contributed by atoms with van der Waals surface area (Å²) in [6.45, 7) is 2.01. The predicted octanol–water partition coefficient (Wildman–Crippen LogP) is 0.171. The highest BCUT2D eigenvalue weighted by Crippen LogP contribution is 2.14. The average Bonchev–Trinajstić information content (AvgIpc) is 2.82. The van der Waals surface area contributed by atoms with E-state index >= 15 is 0 Å². The van der Waals surface area contributed by atoms with Crippen LogP contribution in [0.4, 0.5) is 5.95 Å². The standard InChI is InChI=1S/C9H13N5O/c10-8(13-15)7-5-11-9(12-6-7)14-3-1-2-4-14/h5-6,15H,1-4H2,(H2,10,13). The first kappa shape index (κ1) is 9.70. The first-order valence-electron chi connectivity index (χ1n) is 4.86. The van der Waals surface area contributed by atoms with Gasteiger partial charge in [-0.05, 0) is 12.8 Å². The zero-order valence-corrected chi connectivity index (χ0v) is 8.30. The molecule has 0 spiro atoms. The Morgan fingerprint density at radius 2 is 1.93 bits per heavy atom. The van der Waals surface area contributed by atoms with E-state index in [1.54, 1.807) is 12.4 Å². The van der Waals surface area contributed by atoms with Gasteiger partial charge in [0, 0.05) is 25.5 Å². The summed E-state index contributed by atoms with van der Waals surface area (Å²) in [4.78, 5) is 10.5. The molecule has 2 heterocycles. The Balaban J connectivity index is 2.16. The molecule has 2 rings (SSSR count). The summed E-state index contributed by atoms with van der Waals surface area (Å²) in [5.41, 5.74) is 5.93. The Morgan fingerprint density at radius 3 is 2.47 bits per heavy atom. The molecule has 80 valence electrons. The van der Waals surface area contributed by atoms with E-state index in [9.17, 15) is 0 Å². The van der Waals surface area contributed by atoms with E-state index in [1.165, 1.54) is 12.8 Å². The molecule has 0 unspecified atom stereocenters. The molecule has 0 atom stereocenters. The van der Waals surface area contributed by atoms with Gasteiger partial charge in [0.15, 0.2) is 5.84 Å². The third-order valence-electron chi connectivity index (χ3n) is 2.43. The minimum absolute atomic E-state index is 0.0305. The number of nitrogens with two attached hydrogens (primary N) is 1. The van der Waals surface area contributed by atoms with Crippen LogP contribution in [0.1, 0.15) is 18.4 Å². The van der Waals surface area contributed by atoms with Gasteiger partial charge in [0.1, 0.15) is 0 Å². The van der Waals surface area contributed by atoms with Gasteiger partial charge in [0.05, 0.1) is 5.56 Å². The van der Waals surface area contributed by atoms with Gasteiger partial charge in [-0.1, -0.05) is 5.16 Å². The molecule has 1 aromatic heterocycles. The molecule has 3 N–H and O–H groups in total. The van der Waals surface area contributed by atoms with Crippen molar-refractivity contribution in [1.29, 1.82) is 0 Å². The molecule has 6 heteroatoms. The van der Waals surface area contributed by atoms with Crippen molar-refractivity contribution in [2.75, 3.05) is 18.0 Å². The molecule has 1 fully saturated rings. The molecule has 15 heavy (non-hydrogen) atoms. The van der Waals surface area contributed by atoms with E-state index in [-0.39, 0.29) is 5.84 Å². The van der Waals surface area contributed by atoms with Crippen LogP contribution in [-0.2, 0) is 0 Å². The van der Waals surface area contributed by atoms with Crippen molar-refractivity contribution in [1.82, 2.24) is 9.97 Å². The fourth-order valence-corrected chi connectivity index (χ4v) is 1.59. The molecule has 0 amide bonds. The summed E-state index contributed by atoms with van der Waals surface area (Å²) in [5.74, 6) is 0.741. The topological polar surface area (TPSA) is 87.6 Å². The number of hydrogen-bond donors (Lipinski definition) is 2. The lowest BCUT2D eigenvalue weighted by Gasteiger charge is -2.14. The Kier molecular flexibility index (Phi) is 2.66. The van der Waals surface area contributed by atoms with E-state index in [4.69, 9.17) is 10.9 Å². The second kappa shape index (κ2) is 4.12. The number of rotatable bonds is 2. The molecule has 0 radical (unpaired) electrons. The highest BCUT2D eigenvalue weighted by molar-refractivity contribution is 5.96. The summed E-state index contributed by atoms with van der Waals surface area (Å²) >= 11 is 0. The lowest BCUT2D eigenvalue weighted by atomic mass is 10.3. The largest absolute Gasteiger partial charge is 0.409 e. The first-order chi connectivity index (χ1) is 7.31. The van der Waals surface area contributed by atoms with Crippen molar-refractivity contribution in [2.24, 2.45) is 10.9 Å². The van der Waals surface area contributed by atoms with Crippen molar-refractivity contribution >= 4 is 11.8 Å². The highest BCUT2D eigenvalue weighted by atomic mass is 16.4. The van der Waals surface area contributed by atoms with Crippen molar-refractivity contribution in [3.63, 3.8) is 0 Å². The van der Waals surface area contributed by atoms with E-state index in [2.05, 4.69) is 20.0 Å². The Hall–Kier alpha value is -1.85. The van der Waals surface area contributed by atoms with Gasteiger partial charge >= 0.3 is 0 Å². The van der Waals surface area contributed by atoms with E-state index in [0.29, 0.717) is 11.5 Å². The van der Waals surface area contributed by atoms with Crippen molar-refractivity contribution in [3.8, 4) is 0 Å². The minimum Gasteiger partial charge on any atom is -0.409 e. The Bertz CT molecular complexity index is 355. The molecule has 1 aliphatic heterocycles. The third-order valence-corrected chi connectivity index (χ3v) is 2.43. The van der Waals surface area contributed by atoms with Crippen molar-refractivity contribution in [2.45, 2.75) is 12.8 Å². The summed E-state index contributed by atoms with van der Waals surface area (Å²) in [6.07, 6.45) is 5.50. The highest BCUT2D eigenvalue weighted by Gasteiger charge is 2.14. The van der Waals surface area contributed by atoms with Gasteiger partial charge in [-0.2, -0.15) is 0 Å². The molecule has 1 saturated heterocycles. The van der Waals surface area contributed by atoms with E-state index in [1.807, 2.05) is 0 Å². The lowest BCUT2D eigenvalue weighted by molar-refractivity contribution is 0.318. The van der Waals surface area contributed by atoms with Gasteiger partial charge in [0.25, 0.3) is 0 Å². The van der Waals surface area contributed by atoms with E-state index < -0.39 is 0 Å². The number of aromatic nitrogens is 2. The average molecular weight is 207 g/mol. The number of amidine groups is 1. The number of oxime groups is 1. The quantitative estimate of drug-likeness (QED) is 0.312. The minimum atomic E-state index is 0.0305. The predicted molar refractivity (Wildman–Crippen MR) is 56.0 cm³/mol. The second-order valence-corrected chi connectivity index (χ2v) is 3.45. The van der Waals surface area contributed by atoms with Crippen molar-refractivity contribution < 1.29 is 5.21 Å². The maximum Gasteiger partial charge on any atom is 0.225 e. The van der Waals surface area contributed by atoms with Gasteiger partial charge in [-0.15, -0.1) is 0 Å². The summed E-state index contributed by atoms with van der Waals surface area (Å²) in [7, 11) is 0. The Morgan fingerprint density at radius 1 is 1.33 bits per heavy atom. The molecule has 0 saturated carbocycles. The molecular formula is C9H13N5O. The zero-order valence-electron chi connectivity index (χ0n) is 8.30. The molecule has 6 nitrogen and oxygen atoms in total. The second-order valence-electron chi connectivity index (χ2n) is 3.45. The van der Waals surface area contributed by atoms with Gasteiger partial charge in [-0.25, -0.2) is 9.97 Å². The van der Waals surface area contributed by atoms with Crippen LogP contribution in [0.3, 0.4) is 0 Å². The van der Waals surface area contributed by atoms with Gasteiger partial charge in [0.2, 0.25) is 5.95 Å². The van der Waals surface area contributed by atoms with Crippen LogP contribution in [0.15, 0.2) is 17.5 Å². The van der Waals surface area contributed by atoms with Crippen LogP contribution >= 0.6 is 0 Å². The third kappa shape index (κ3) is 1.98. The molecule has 0 aliphatic carbocycles. The van der Waals surface area contributed by atoms with Gasteiger partial charge < -0.3 is 15.8 Å². The van der Waals surface area contributed by atoms with Crippen LogP contribution in [-0.4, -0.2) is 34.1 Å². The Labute approximate surface area is 87.4 Å². The maximum atomic E-state index is 8.47. The van der Waals surface area contributed by atoms with Gasteiger partial charge in [-0.3, -0.25) is 0 Å². The fourth-order valence-electron chi connectivity index (χ4n) is 1.59. The summed E-state index contributed by atoms with van der Waals surface area (Å²) in [5, 5.41) is 11.4. The van der Waals surface area contributed by atoms with Crippen molar-refractivity contribution in [3.05, 3.63) is 18.0 Å². The van der Waals surface area contributed by atoms with Crippen LogP contribution < -0.4 is 10.6 Å². The fraction of sp³-hybridized carbons (Fsp3) is 0.444. The van der Waals surface area contributed by atoms with E-state index in [0.717, 1.165) is 13.1 Å². The summed E-state index contributed by atoms with van der Waals surface area (Å²) < 4.78 is 0. The SMILES string of the molecule is N/C(=N/O)c1cnc(N2CCCC2)nc1. The molecule has 1 aliphatic rings. The lowest BCUT2D eigenvalue weighted by Crippen LogP contribution is -2.21. The number of hydrogen-bond acceptors (Lipinski definition) is 5. The summed E-state index contributed by atoms with van der Waals surface area (Å²) in [6, 6.07) is 0. The monoisotopic (exact) mass is 207 g/mol. The number of nitrogens with zero attached hydrogens (tertiary/aromatic N) is 4. The van der Waals surface area contributed by atoms with Crippen LogP contribution in [0.2, 0.25) is 0 Å². The molecule has 0 bridgehead atoms. The normalized spacial score (nSPS) is 17.1. The zero-order chi connectivity index (χ0) is 10.7.